The first-order chi connectivity index (χ1) is 19.1. The second-order valence-electron chi connectivity index (χ2n) is 8.15. The highest BCUT2D eigenvalue weighted by atomic mass is 19.4. The van der Waals surface area contributed by atoms with Gasteiger partial charge in [-0.25, -0.2) is 9.97 Å². The number of aromatic nitrogens is 3. The first-order valence-corrected chi connectivity index (χ1v) is 12.4. The summed E-state index contributed by atoms with van der Waals surface area (Å²) in [6, 6.07) is 14.0. The normalized spacial score (nSPS) is 10.2. The summed E-state index contributed by atoms with van der Waals surface area (Å²) < 4.78 is 37.9. The molecule has 0 aliphatic heterocycles. The Labute approximate surface area is 231 Å². The van der Waals surface area contributed by atoms with Gasteiger partial charge in [0.25, 0.3) is 0 Å². The van der Waals surface area contributed by atoms with Crippen LogP contribution in [-0.4, -0.2) is 27.3 Å². The molecule has 0 unspecified atom stereocenters. The Balaban J connectivity index is 0.000000275. The average molecular weight is 553 g/mol. The summed E-state index contributed by atoms with van der Waals surface area (Å²) in [6.07, 6.45) is 2.45. The number of hydrogen-bond acceptors (Lipinski definition) is 6. The third-order valence-corrected chi connectivity index (χ3v) is 5.20. The molecule has 2 heterocycles. The van der Waals surface area contributed by atoms with Crippen molar-refractivity contribution in [2.24, 2.45) is 0 Å². The van der Waals surface area contributed by atoms with Gasteiger partial charge in [0, 0.05) is 11.9 Å². The van der Waals surface area contributed by atoms with E-state index in [9.17, 15) is 22.8 Å². The zero-order valence-corrected chi connectivity index (χ0v) is 22.6. The van der Waals surface area contributed by atoms with Crippen molar-refractivity contribution in [1.82, 2.24) is 15.0 Å². The number of pyridine rings is 1. The molecule has 0 saturated heterocycles. The van der Waals surface area contributed by atoms with Gasteiger partial charge < -0.3 is 16.0 Å². The molecule has 2 amide bonds. The number of amides is 2. The van der Waals surface area contributed by atoms with Crippen LogP contribution in [-0.2, 0) is 22.2 Å². The molecule has 0 radical (unpaired) electrons. The Morgan fingerprint density at radius 2 is 1.60 bits per heavy atom. The number of aryl methyl sites for hydroxylation is 2. The summed E-state index contributed by atoms with van der Waals surface area (Å²) in [5.74, 6) is 0.104. The van der Waals surface area contributed by atoms with Gasteiger partial charge in [0.05, 0.1) is 41.9 Å². The Bertz CT molecular complexity index is 1360. The highest BCUT2D eigenvalue weighted by molar-refractivity contribution is 5.92. The molecule has 0 bridgehead atoms. The van der Waals surface area contributed by atoms with E-state index in [1.165, 1.54) is 24.5 Å². The molecule has 11 heteroatoms. The smallest absolute Gasteiger partial charge is 0.326 e. The van der Waals surface area contributed by atoms with Crippen LogP contribution in [0.4, 0.5) is 36.2 Å². The van der Waals surface area contributed by atoms with Crippen LogP contribution in [0.3, 0.4) is 0 Å². The minimum Gasteiger partial charge on any atom is -0.326 e. The van der Waals surface area contributed by atoms with Crippen molar-refractivity contribution in [2.45, 2.75) is 40.3 Å². The molecule has 0 saturated carbocycles. The molecule has 210 valence electrons. The van der Waals surface area contributed by atoms with E-state index in [1.54, 1.807) is 18.5 Å². The fraction of sp³-hybridized carbons (Fsp3) is 0.207. The molecule has 8 nitrogen and oxygen atoms in total. The lowest BCUT2D eigenvalue weighted by Crippen LogP contribution is -2.15. The highest BCUT2D eigenvalue weighted by Gasteiger charge is 2.30. The molecule has 2 aromatic carbocycles. The number of carbonyl (C=O) groups is 2. The van der Waals surface area contributed by atoms with Gasteiger partial charge in [0.1, 0.15) is 0 Å². The first-order valence-electron chi connectivity index (χ1n) is 12.4. The molecular weight excluding hydrogens is 521 g/mol. The molecule has 40 heavy (non-hydrogen) atoms. The van der Waals surface area contributed by atoms with Gasteiger partial charge in [-0.05, 0) is 60.9 Å². The maximum Gasteiger partial charge on any atom is 0.416 e. The van der Waals surface area contributed by atoms with Gasteiger partial charge in [-0.3, -0.25) is 14.6 Å². The van der Waals surface area contributed by atoms with Crippen LogP contribution in [0.25, 0.3) is 0 Å². The van der Waals surface area contributed by atoms with Crippen LogP contribution in [0.15, 0.2) is 79.4 Å². The van der Waals surface area contributed by atoms with Gasteiger partial charge >= 0.3 is 6.18 Å². The molecule has 2 aromatic heterocycles. The Morgan fingerprint density at radius 1 is 0.875 bits per heavy atom. The first kappa shape index (κ1) is 31.4. The Hall–Kier alpha value is -4.80. The molecule has 4 rings (SSSR count). The second-order valence-corrected chi connectivity index (χ2v) is 8.15. The Kier molecular flexibility index (Phi) is 12.2. The van der Waals surface area contributed by atoms with Crippen molar-refractivity contribution in [1.29, 1.82) is 0 Å². The summed E-state index contributed by atoms with van der Waals surface area (Å²) >= 11 is 0. The Morgan fingerprint density at radius 3 is 2.20 bits per heavy atom. The van der Waals surface area contributed by atoms with Gasteiger partial charge in [-0.1, -0.05) is 38.1 Å². The van der Waals surface area contributed by atoms with Crippen molar-refractivity contribution >= 4 is 35.3 Å². The zero-order valence-electron chi connectivity index (χ0n) is 22.6. The van der Waals surface area contributed by atoms with Crippen LogP contribution < -0.4 is 16.0 Å². The topological polar surface area (TPSA) is 109 Å². The second kappa shape index (κ2) is 15.6. The SMILES string of the molecule is CC.Cc1ccc(NC(=O)Cc2cccc(C(F)(F)F)c2)cc1C.O=CNc1cnc(Nc2cccnc2)nc1. The third kappa shape index (κ3) is 10.5. The molecule has 0 spiro atoms. The minimum absolute atomic E-state index is 0.100. The van der Waals surface area contributed by atoms with Crippen LogP contribution in [0.2, 0.25) is 0 Å². The molecule has 0 aliphatic carbocycles. The van der Waals surface area contributed by atoms with E-state index in [0.717, 1.165) is 28.9 Å². The van der Waals surface area contributed by atoms with Gasteiger partial charge in [0.15, 0.2) is 0 Å². The largest absolute Gasteiger partial charge is 0.416 e. The summed E-state index contributed by atoms with van der Waals surface area (Å²) in [6.45, 7) is 7.89. The van der Waals surface area contributed by atoms with E-state index in [0.29, 0.717) is 29.3 Å². The fourth-order valence-electron chi connectivity index (χ4n) is 3.17. The maximum absolute atomic E-state index is 12.6. The van der Waals surface area contributed by atoms with Crippen LogP contribution in [0.1, 0.15) is 36.1 Å². The van der Waals surface area contributed by atoms with E-state index >= 15 is 0 Å². The predicted octanol–water partition coefficient (Wildman–Crippen LogP) is 6.71. The number of rotatable bonds is 7. The van der Waals surface area contributed by atoms with Gasteiger partial charge in [-0.2, -0.15) is 13.2 Å². The highest BCUT2D eigenvalue weighted by Crippen LogP contribution is 2.29. The summed E-state index contributed by atoms with van der Waals surface area (Å²) in [5, 5.41) is 8.12. The van der Waals surface area contributed by atoms with Crippen molar-refractivity contribution in [2.75, 3.05) is 16.0 Å². The number of alkyl halides is 3. The number of nitrogens with one attached hydrogen (secondary N) is 3. The summed E-state index contributed by atoms with van der Waals surface area (Å²) in [5.41, 5.74) is 3.72. The average Bonchev–Trinajstić information content (AvgIpc) is 2.94. The van der Waals surface area contributed by atoms with Crippen molar-refractivity contribution < 1.29 is 22.8 Å². The number of halogens is 3. The lowest BCUT2D eigenvalue weighted by molar-refractivity contribution is -0.137. The van der Waals surface area contributed by atoms with E-state index in [4.69, 9.17) is 0 Å². The van der Waals surface area contributed by atoms with E-state index in [1.807, 2.05) is 52.0 Å². The molecule has 0 fully saturated rings. The molecule has 4 aromatic rings. The van der Waals surface area contributed by atoms with Crippen LogP contribution in [0, 0.1) is 13.8 Å². The number of anilines is 4. The quantitative estimate of drug-likeness (QED) is 0.220. The standard InChI is InChI=1S/C17H16F3NO.C10H9N5O.C2H6/c1-11-6-7-15(8-12(11)2)21-16(22)10-13-4-3-5-14(9-13)17(18,19)20;16-7-14-9-5-12-10(13-6-9)15-8-2-1-3-11-4-8;1-2/h3-9H,10H2,1-2H3,(H,21,22);1-7H,(H,14,16)(H,12,13,15);1-2H3. The van der Waals surface area contributed by atoms with Crippen molar-refractivity contribution in [3.8, 4) is 0 Å². The van der Waals surface area contributed by atoms with Gasteiger partial charge in [-0.15, -0.1) is 0 Å². The van der Waals surface area contributed by atoms with Crippen LogP contribution in [0.5, 0.6) is 0 Å². The lowest BCUT2D eigenvalue weighted by atomic mass is 10.1. The predicted molar refractivity (Wildman–Crippen MR) is 150 cm³/mol. The zero-order chi connectivity index (χ0) is 29.5. The summed E-state index contributed by atoms with van der Waals surface area (Å²) in [4.78, 5) is 34.1. The van der Waals surface area contributed by atoms with Crippen molar-refractivity contribution in [3.63, 3.8) is 0 Å². The monoisotopic (exact) mass is 552 g/mol. The molecule has 0 aliphatic rings. The maximum atomic E-state index is 12.6. The summed E-state index contributed by atoms with van der Waals surface area (Å²) in [7, 11) is 0. The minimum atomic E-state index is -4.40. The number of hydrogen-bond donors (Lipinski definition) is 3. The van der Waals surface area contributed by atoms with Crippen molar-refractivity contribution in [3.05, 3.63) is 102 Å². The van der Waals surface area contributed by atoms with Gasteiger partial charge in [0.2, 0.25) is 18.3 Å². The molecular formula is C29H31F3N6O2. The molecule has 0 atom stereocenters. The van der Waals surface area contributed by atoms with E-state index in [-0.39, 0.29) is 12.3 Å². The third-order valence-electron chi connectivity index (χ3n) is 5.20. The van der Waals surface area contributed by atoms with E-state index in [2.05, 4.69) is 30.9 Å². The number of nitrogens with zero attached hydrogens (tertiary/aromatic N) is 3. The van der Waals surface area contributed by atoms with Crippen LogP contribution >= 0.6 is 0 Å². The number of carbonyl (C=O) groups excluding carboxylic acids is 2. The molecule has 3 N–H and O–H groups in total. The fourth-order valence-corrected chi connectivity index (χ4v) is 3.17. The lowest BCUT2D eigenvalue weighted by Gasteiger charge is -2.10. The van der Waals surface area contributed by atoms with E-state index < -0.39 is 11.7 Å². The number of benzene rings is 2.